The van der Waals surface area contributed by atoms with E-state index in [2.05, 4.69) is 25.7 Å². The van der Waals surface area contributed by atoms with E-state index in [9.17, 15) is 9.90 Å². The van der Waals surface area contributed by atoms with Crippen LogP contribution < -0.4 is 11.3 Å². The second-order valence-corrected chi connectivity index (χ2v) is 1.36. The van der Waals surface area contributed by atoms with Gasteiger partial charge in [-0.05, 0) is 4.79 Å². The number of hydrogen-bond donors (Lipinski definition) is 1. The number of carboxylic acid groups (broad SMARTS) is 1. The number of carboxylic acids is 1. The highest BCUT2D eigenvalue weighted by Gasteiger charge is 2.08. The van der Waals surface area contributed by atoms with Gasteiger partial charge in [-0.2, -0.15) is 4.91 Å². The molecule has 0 aromatic carbocycles. The first-order chi connectivity index (χ1) is 5.25. The molecule has 64 valence electrons. The first-order valence-electron chi connectivity index (χ1n) is 2.31. The van der Waals surface area contributed by atoms with E-state index in [-0.39, 0.29) is 6.15 Å². The fourth-order valence-corrected chi connectivity index (χ4v) is 0.403. The summed E-state index contributed by atoms with van der Waals surface area (Å²) in [6.07, 6.45) is 0. The Bertz CT molecular complexity index is 305. The van der Waals surface area contributed by atoms with E-state index in [1.165, 1.54) is 0 Å². The summed E-state index contributed by atoms with van der Waals surface area (Å²) in [5.74, 6) is -2.25. The van der Waals surface area contributed by atoms with Crippen molar-refractivity contribution in [3.05, 3.63) is 16.3 Å². The number of azide groups is 1. The summed E-state index contributed by atoms with van der Waals surface area (Å²) >= 11 is 0. The van der Waals surface area contributed by atoms with Crippen molar-refractivity contribution >= 4 is 5.97 Å². The Morgan fingerprint density at radius 3 is 2.92 bits per heavy atom. The van der Waals surface area contributed by atoms with Gasteiger partial charge in [0.2, 0.25) is 0 Å². The number of hydrogen-bond acceptors (Lipinski definition) is 6. The molecule has 0 aliphatic rings. The summed E-state index contributed by atoms with van der Waals surface area (Å²) in [6.45, 7) is 0. The maximum atomic E-state index is 10.1. The zero-order valence-electron chi connectivity index (χ0n) is 5.95. The second kappa shape index (κ2) is 3.85. The second-order valence-electron chi connectivity index (χ2n) is 1.36. The molecule has 4 N–H and O–H groups in total. The van der Waals surface area contributed by atoms with Crippen LogP contribution >= 0.6 is 0 Å². The molecule has 0 amide bonds. The van der Waals surface area contributed by atoms with E-state index in [1.807, 2.05) is 0 Å². The molecule has 12 heavy (non-hydrogen) atoms. The van der Waals surface area contributed by atoms with Gasteiger partial charge in [0.25, 0.3) is 5.82 Å². The molecule has 10 heteroatoms. The van der Waals surface area contributed by atoms with Crippen LogP contribution in [-0.4, -0.2) is 26.3 Å². The first-order valence-corrected chi connectivity index (χ1v) is 2.31. The fourth-order valence-electron chi connectivity index (χ4n) is 0.403. The van der Waals surface area contributed by atoms with Gasteiger partial charge in [0, 0.05) is 10.4 Å². The van der Waals surface area contributed by atoms with Crippen molar-refractivity contribution in [1.29, 1.82) is 0 Å². The molecule has 0 fully saturated rings. The van der Waals surface area contributed by atoms with Crippen molar-refractivity contribution in [3.8, 4) is 0 Å². The summed E-state index contributed by atoms with van der Waals surface area (Å²) < 4.78 is 0. The van der Waals surface area contributed by atoms with Crippen molar-refractivity contribution in [2.45, 2.75) is 0 Å². The molecule has 10 nitrogen and oxygen atoms in total. The van der Waals surface area contributed by atoms with E-state index in [1.54, 1.807) is 0 Å². The molecule has 0 saturated heterocycles. The molecule has 0 radical (unpaired) electrons. The van der Waals surface area contributed by atoms with Gasteiger partial charge in [0.05, 0.1) is 5.21 Å². The topological polar surface area (TPSA) is 169 Å². The molecule has 0 bridgehead atoms. The number of aromatic nitrogens is 4. The van der Waals surface area contributed by atoms with Crippen molar-refractivity contribution < 1.29 is 9.90 Å². The van der Waals surface area contributed by atoms with Gasteiger partial charge in [-0.15, -0.1) is 5.53 Å². The SMILES string of the molecule is [N-]=[N+]=Nn1nnnc1C(=O)[O-].[NH4+]. The first kappa shape index (κ1) is 9.81. The summed E-state index contributed by atoms with van der Waals surface area (Å²) in [5, 5.41) is 21.9. The minimum atomic E-state index is -1.61. The van der Waals surface area contributed by atoms with Gasteiger partial charge in [-0.3, -0.25) is 0 Å². The standard InChI is InChI=1S/C2HN7O2.H3N/c3-5-7-9-1(2(10)11)4-6-8-9;/h(H,10,11);1H3. The molecular weight excluding hydrogens is 168 g/mol. The maximum Gasteiger partial charge on any atom is 0.296 e. The minimum absolute atomic E-state index is 0. The number of nitrogens with zero attached hydrogens (tertiary/aromatic N) is 7. The molecule has 0 spiro atoms. The number of carbonyl (C=O) groups excluding carboxylic acids is 1. The van der Waals surface area contributed by atoms with Crippen molar-refractivity contribution in [2.75, 3.05) is 0 Å². The average molecular weight is 172 g/mol. The Morgan fingerprint density at radius 2 is 2.42 bits per heavy atom. The Kier molecular flexibility index (Phi) is 3.15. The quantitative estimate of drug-likeness (QED) is 0.324. The van der Waals surface area contributed by atoms with Crippen molar-refractivity contribution in [1.82, 2.24) is 26.5 Å². The van der Waals surface area contributed by atoms with Crippen LogP contribution in [0.2, 0.25) is 0 Å². The van der Waals surface area contributed by atoms with Crippen molar-refractivity contribution in [2.24, 2.45) is 5.22 Å². The zero-order chi connectivity index (χ0) is 8.27. The predicted molar refractivity (Wildman–Crippen MR) is 32.7 cm³/mol. The third-order valence-corrected chi connectivity index (χ3v) is 0.761. The van der Waals surface area contributed by atoms with E-state index in [4.69, 9.17) is 5.53 Å². The normalized spacial score (nSPS) is 8.00. The third-order valence-electron chi connectivity index (χ3n) is 0.761. The van der Waals surface area contributed by atoms with Crippen LogP contribution in [0.5, 0.6) is 0 Å². The lowest BCUT2D eigenvalue weighted by Gasteiger charge is -1.90. The highest BCUT2D eigenvalue weighted by atomic mass is 16.4. The van der Waals surface area contributed by atoms with Crippen LogP contribution in [-0.2, 0) is 0 Å². The predicted octanol–water partition coefficient (Wildman–Crippen LogP) is -1.51. The summed E-state index contributed by atoms with van der Waals surface area (Å²) in [6, 6.07) is 0. The number of tetrazole rings is 1. The molecule has 0 unspecified atom stereocenters. The summed E-state index contributed by atoms with van der Waals surface area (Å²) in [5.41, 5.74) is 7.87. The zero-order valence-corrected chi connectivity index (χ0v) is 5.95. The van der Waals surface area contributed by atoms with Crippen LogP contribution in [0, 0.1) is 0 Å². The molecule has 0 saturated carbocycles. The average Bonchev–Trinajstić information content (AvgIpc) is 2.36. The molecule has 0 aliphatic carbocycles. The number of carbonyl (C=O) groups is 1. The van der Waals surface area contributed by atoms with Gasteiger partial charge in [0.1, 0.15) is 5.97 Å². The van der Waals surface area contributed by atoms with Crippen LogP contribution in [0.3, 0.4) is 0 Å². The Hall–Kier alpha value is -2.19. The van der Waals surface area contributed by atoms with Gasteiger partial charge in [0.15, 0.2) is 0 Å². The Balaban J connectivity index is 0.00000121. The largest absolute Gasteiger partial charge is 0.540 e. The van der Waals surface area contributed by atoms with E-state index < -0.39 is 11.8 Å². The van der Waals surface area contributed by atoms with Crippen LogP contribution in [0.25, 0.3) is 10.4 Å². The number of rotatable bonds is 2. The van der Waals surface area contributed by atoms with Gasteiger partial charge in [-0.25, -0.2) is 0 Å². The molecule has 0 aliphatic heterocycles. The van der Waals surface area contributed by atoms with E-state index in [0.717, 1.165) is 0 Å². The molecule has 0 atom stereocenters. The molecule has 1 aromatic heterocycles. The smallest absolute Gasteiger partial charge is 0.296 e. The monoisotopic (exact) mass is 172 g/mol. The summed E-state index contributed by atoms with van der Waals surface area (Å²) in [4.78, 5) is 12.8. The fraction of sp³-hybridized carbons (Fsp3) is 0. The molecular formula is C2H4N8O2. The lowest BCUT2D eigenvalue weighted by atomic mass is 10.6. The Morgan fingerprint density at radius 1 is 1.75 bits per heavy atom. The number of aromatic carboxylic acids is 1. The van der Waals surface area contributed by atoms with E-state index in [0.29, 0.717) is 4.79 Å². The van der Waals surface area contributed by atoms with Crippen LogP contribution in [0.15, 0.2) is 5.22 Å². The lowest BCUT2D eigenvalue weighted by molar-refractivity contribution is -0.256. The highest BCUT2D eigenvalue weighted by Crippen LogP contribution is 1.87. The lowest BCUT2D eigenvalue weighted by Crippen LogP contribution is -2.25. The van der Waals surface area contributed by atoms with Crippen LogP contribution in [0.4, 0.5) is 0 Å². The molecule has 1 rings (SSSR count). The number of quaternary nitrogens is 1. The van der Waals surface area contributed by atoms with E-state index >= 15 is 0 Å². The third kappa shape index (κ3) is 1.65. The molecule has 1 heterocycles. The Labute approximate surface area is 65.0 Å². The van der Waals surface area contributed by atoms with Crippen LogP contribution in [0.1, 0.15) is 10.6 Å². The molecule has 1 aromatic rings. The summed E-state index contributed by atoms with van der Waals surface area (Å²) in [7, 11) is 0. The van der Waals surface area contributed by atoms with Gasteiger partial charge >= 0.3 is 0 Å². The highest BCUT2D eigenvalue weighted by molar-refractivity contribution is 5.80. The van der Waals surface area contributed by atoms with Gasteiger partial charge in [-0.1, -0.05) is 5.10 Å². The van der Waals surface area contributed by atoms with Crippen molar-refractivity contribution in [3.63, 3.8) is 0 Å². The van der Waals surface area contributed by atoms with Gasteiger partial charge < -0.3 is 16.1 Å². The minimum Gasteiger partial charge on any atom is -0.540 e. The maximum absolute atomic E-state index is 10.1.